The Morgan fingerprint density at radius 2 is 2.20 bits per heavy atom. The van der Waals surface area contributed by atoms with Crippen molar-refractivity contribution in [2.24, 2.45) is 0 Å². The van der Waals surface area contributed by atoms with Crippen LogP contribution in [0.1, 0.15) is 18.9 Å². The molecule has 1 atom stereocenters. The fourth-order valence-electron chi connectivity index (χ4n) is 2.24. The van der Waals surface area contributed by atoms with E-state index >= 15 is 0 Å². The second kappa shape index (κ2) is 5.41. The summed E-state index contributed by atoms with van der Waals surface area (Å²) >= 11 is 0. The molecule has 2 rings (SSSR count). The van der Waals surface area contributed by atoms with Gasteiger partial charge in [-0.2, -0.15) is 0 Å². The highest BCUT2D eigenvalue weighted by Crippen LogP contribution is 2.29. The van der Waals surface area contributed by atoms with Crippen LogP contribution in [-0.4, -0.2) is 33.4 Å². The Labute approximate surface area is 117 Å². The quantitative estimate of drug-likeness (QED) is 0.803. The minimum atomic E-state index is -3.63. The molecule has 108 valence electrons. The van der Waals surface area contributed by atoms with Gasteiger partial charge < -0.3 is 4.90 Å². The molecule has 1 aliphatic rings. The first kappa shape index (κ1) is 14.8. The maximum Gasteiger partial charge on any atom is 0.179 e. The molecule has 1 aromatic carbocycles. The molecule has 1 fully saturated rings. The molecular weight excluding hydrogens is 284 g/mol. The maximum atomic E-state index is 14.0. The van der Waals surface area contributed by atoms with Gasteiger partial charge in [-0.3, -0.25) is 0 Å². The second-order valence-electron chi connectivity index (χ2n) is 4.68. The number of hydrogen-bond acceptors (Lipinski definition) is 3. The van der Waals surface area contributed by atoms with Gasteiger partial charge in [0.1, 0.15) is 12.0 Å². The van der Waals surface area contributed by atoms with E-state index in [1.165, 1.54) is 19.1 Å². The molecule has 6 heteroatoms. The lowest BCUT2D eigenvalue weighted by Crippen LogP contribution is -2.21. The first-order valence-corrected chi connectivity index (χ1v) is 7.96. The van der Waals surface area contributed by atoms with Crippen molar-refractivity contribution < 1.29 is 17.2 Å². The Kier molecular flexibility index (Phi) is 4.00. The molecule has 1 heterocycles. The molecule has 0 radical (unpaired) electrons. The predicted molar refractivity (Wildman–Crippen MR) is 73.8 cm³/mol. The molecule has 0 spiro atoms. The average molecular weight is 299 g/mol. The summed E-state index contributed by atoms with van der Waals surface area (Å²) < 4.78 is 51.2. The Bertz CT molecular complexity index is 664. The Morgan fingerprint density at radius 1 is 1.50 bits per heavy atom. The molecule has 0 saturated carbocycles. The third-order valence-corrected chi connectivity index (χ3v) is 5.15. The number of halogens is 2. The first-order valence-electron chi connectivity index (χ1n) is 6.31. The van der Waals surface area contributed by atoms with Crippen molar-refractivity contribution in [3.05, 3.63) is 23.5 Å². The molecule has 0 N–H and O–H groups in total. The van der Waals surface area contributed by atoms with Crippen molar-refractivity contribution in [3.8, 4) is 12.3 Å². The van der Waals surface area contributed by atoms with Gasteiger partial charge in [-0.1, -0.05) is 12.8 Å². The summed E-state index contributed by atoms with van der Waals surface area (Å²) in [5, 5.41) is 0. The Balaban J connectivity index is 2.56. The number of hydrogen-bond donors (Lipinski definition) is 0. The maximum absolute atomic E-state index is 14.0. The zero-order valence-corrected chi connectivity index (χ0v) is 11.9. The van der Waals surface area contributed by atoms with Gasteiger partial charge in [0.05, 0.1) is 16.2 Å². The summed E-state index contributed by atoms with van der Waals surface area (Å²) in [6.45, 7) is 2.04. The molecule has 0 unspecified atom stereocenters. The van der Waals surface area contributed by atoms with Crippen LogP contribution < -0.4 is 4.90 Å². The summed E-state index contributed by atoms with van der Waals surface area (Å²) in [5.41, 5.74) is 0.0975. The fraction of sp³-hybridized carbons (Fsp3) is 0.429. The highest BCUT2D eigenvalue weighted by Gasteiger charge is 2.26. The number of nitrogens with zero attached hydrogens (tertiary/aromatic N) is 1. The van der Waals surface area contributed by atoms with Crippen LogP contribution in [0.2, 0.25) is 0 Å². The van der Waals surface area contributed by atoms with E-state index in [-0.39, 0.29) is 22.8 Å². The molecule has 0 bridgehead atoms. The van der Waals surface area contributed by atoms with E-state index in [0.717, 1.165) is 0 Å². The lowest BCUT2D eigenvalue weighted by Gasteiger charge is -2.19. The SMILES string of the molecule is C#Cc1c(F)cc(N2CC[C@@H](F)C2)cc1S(=O)(=O)CC. The third kappa shape index (κ3) is 2.63. The van der Waals surface area contributed by atoms with E-state index in [2.05, 4.69) is 5.92 Å². The van der Waals surface area contributed by atoms with Gasteiger partial charge in [0, 0.05) is 18.8 Å². The summed E-state index contributed by atoms with van der Waals surface area (Å²) in [7, 11) is -3.63. The minimum absolute atomic E-state index is 0.139. The summed E-state index contributed by atoms with van der Waals surface area (Å²) in [4.78, 5) is 1.43. The Morgan fingerprint density at radius 3 is 2.70 bits per heavy atom. The van der Waals surface area contributed by atoms with Crippen molar-refractivity contribution in [2.45, 2.75) is 24.4 Å². The van der Waals surface area contributed by atoms with Gasteiger partial charge in [0.15, 0.2) is 9.84 Å². The fourth-order valence-corrected chi connectivity index (χ4v) is 3.32. The van der Waals surface area contributed by atoms with Crippen LogP contribution in [0.15, 0.2) is 17.0 Å². The van der Waals surface area contributed by atoms with Crippen LogP contribution in [0.4, 0.5) is 14.5 Å². The lowest BCUT2D eigenvalue weighted by molar-refractivity contribution is 0.364. The molecule has 1 aliphatic heterocycles. The molecule has 0 aliphatic carbocycles. The standard InChI is InChI=1S/C14H15F2NO2S/c1-3-12-13(16)7-11(17-6-5-10(15)9-17)8-14(12)20(18,19)4-2/h1,7-8,10H,4-6,9H2,2H3/t10-/m1/s1. The predicted octanol–water partition coefficient (Wildman–Crippen LogP) is 2.15. The number of terminal acetylenes is 1. The van der Waals surface area contributed by atoms with E-state index in [0.29, 0.717) is 18.7 Å². The summed E-state index contributed by atoms with van der Waals surface area (Å²) in [5.74, 6) is 1.15. The van der Waals surface area contributed by atoms with Gasteiger partial charge in [-0.25, -0.2) is 17.2 Å². The molecule has 1 aromatic rings. The van der Waals surface area contributed by atoms with E-state index in [9.17, 15) is 17.2 Å². The summed E-state index contributed by atoms with van der Waals surface area (Å²) in [6, 6.07) is 2.51. The third-order valence-electron chi connectivity index (χ3n) is 3.39. The van der Waals surface area contributed by atoms with E-state index in [1.807, 2.05) is 0 Å². The van der Waals surface area contributed by atoms with Crippen LogP contribution in [0.5, 0.6) is 0 Å². The normalized spacial score (nSPS) is 19.1. The van der Waals surface area contributed by atoms with Gasteiger partial charge in [0.25, 0.3) is 0 Å². The monoisotopic (exact) mass is 299 g/mol. The second-order valence-corrected chi connectivity index (χ2v) is 6.93. The number of alkyl halides is 1. The molecule has 20 heavy (non-hydrogen) atoms. The van der Waals surface area contributed by atoms with Crippen LogP contribution in [0, 0.1) is 18.2 Å². The van der Waals surface area contributed by atoms with E-state index in [1.54, 1.807) is 4.90 Å². The van der Waals surface area contributed by atoms with Gasteiger partial charge >= 0.3 is 0 Å². The van der Waals surface area contributed by atoms with Crippen LogP contribution in [-0.2, 0) is 9.84 Å². The van der Waals surface area contributed by atoms with E-state index in [4.69, 9.17) is 6.42 Å². The van der Waals surface area contributed by atoms with Crippen molar-refractivity contribution in [2.75, 3.05) is 23.7 Å². The van der Waals surface area contributed by atoms with Gasteiger partial charge in [-0.15, -0.1) is 6.42 Å². The lowest BCUT2D eigenvalue weighted by atomic mass is 10.2. The molecule has 0 amide bonds. The zero-order valence-electron chi connectivity index (χ0n) is 11.1. The van der Waals surface area contributed by atoms with Crippen molar-refractivity contribution >= 4 is 15.5 Å². The number of anilines is 1. The molecule has 1 saturated heterocycles. The highest BCUT2D eigenvalue weighted by atomic mass is 32.2. The van der Waals surface area contributed by atoms with Crippen molar-refractivity contribution in [3.63, 3.8) is 0 Å². The molecule has 3 nitrogen and oxygen atoms in total. The average Bonchev–Trinajstić information content (AvgIpc) is 2.84. The van der Waals surface area contributed by atoms with Crippen molar-refractivity contribution in [1.29, 1.82) is 0 Å². The molecular formula is C14H15F2NO2S. The van der Waals surface area contributed by atoms with Gasteiger partial charge in [-0.05, 0) is 18.6 Å². The largest absolute Gasteiger partial charge is 0.368 e. The summed E-state index contributed by atoms with van der Waals surface area (Å²) in [6.07, 6.45) is 4.58. The topological polar surface area (TPSA) is 37.4 Å². The number of rotatable bonds is 3. The number of benzene rings is 1. The van der Waals surface area contributed by atoms with Crippen LogP contribution >= 0.6 is 0 Å². The van der Waals surface area contributed by atoms with Crippen LogP contribution in [0.3, 0.4) is 0 Å². The smallest absolute Gasteiger partial charge is 0.179 e. The van der Waals surface area contributed by atoms with Crippen molar-refractivity contribution in [1.82, 2.24) is 0 Å². The number of sulfone groups is 1. The first-order chi connectivity index (χ1) is 9.39. The van der Waals surface area contributed by atoms with E-state index < -0.39 is 21.8 Å². The van der Waals surface area contributed by atoms with Crippen LogP contribution in [0.25, 0.3) is 0 Å². The zero-order chi connectivity index (χ0) is 14.9. The highest BCUT2D eigenvalue weighted by molar-refractivity contribution is 7.91. The van der Waals surface area contributed by atoms with Gasteiger partial charge in [0.2, 0.25) is 0 Å². The molecule has 0 aromatic heterocycles. The Hall–Kier alpha value is -1.61. The minimum Gasteiger partial charge on any atom is -0.368 e.